The summed E-state index contributed by atoms with van der Waals surface area (Å²) in [4.78, 5) is 10.3. The van der Waals surface area contributed by atoms with Gasteiger partial charge in [0.05, 0.1) is 0 Å². The molecule has 0 bridgehead atoms. The van der Waals surface area contributed by atoms with E-state index in [0.29, 0.717) is 0 Å². The van der Waals surface area contributed by atoms with Gasteiger partial charge in [-0.15, -0.1) is 21.5 Å². The molecule has 0 amide bonds. The number of hydrogen-bond acceptors (Lipinski definition) is 6. The van der Waals surface area contributed by atoms with Gasteiger partial charge in [0.15, 0.2) is 11.0 Å². The molecule has 0 saturated carbocycles. The zero-order valence-electron chi connectivity index (χ0n) is 9.07. The molecule has 2 heterocycles. The molecule has 0 aromatic carbocycles. The molecule has 0 aliphatic rings. The molecule has 2 rings (SSSR count). The average Bonchev–Trinajstić information content (AvgIpc) is 2.82. The summed E-state index contributed by atoms with van der Waals surface area (Å²) < 4.78 is 26.1. The smallest absolute Gasteiger partial charge is 0.347 e. The standard InChI is InChI=1S/C9H6ClN3O4S2/c10-6-1-2-7(12-11-6)13-19(16,17)5-3-4-18-8(5)9(14)15/h1-4H,(H,12,13)(H,14,15). The summed E-state index contributed by atoms with van der Waals surface area (Å²) in [6.45, 7) is 0. The molecule has 0 radical (unpaired) electrons. The van der Waals surface area contributed by atoms with Gasteiger partial charge in [-0.2, -0.15) is 0 Å². The average molecular weight is 320 g/mol. The third kappa shape index (κ3) is 3.00. The van der Waals surface area contributed by atoms with Crippen LogP contribution in [-0.4, -0.2) is 29.7 Å². The van der Waals surface area contributed by atoms with Gasteiger partial charge in [-0.1, -0.05) is 11.6 Å². The Labute approximate surface area is 116 Å². The number of aromatic carboxylic acids is 1. The van der Waals surface area contributed by atoms with Crippen molar-refractivity contribution in [3.05, 3.63) is 33.6 Å². The van der Waals surface area contributed by atoms with Crippen LogP contribution < -0.4 is 4.72 Å². The van der Waals surface area contributed by atoms with Crippen molar-refractivity contribution in [2.24, 2.45) is 0 Å². The first kappa shape index (κ1) is 13.7. The van der Waals surface area contributed by atoms with Crippen LogP contribution in [0.1, 0.15) is 9.67 Å². The van der Waals surface area contributed by atoms with E-state index in [9.17, 15) is 13.2 Å². The number of thiophene rings is 1. The molecule has 7 nitrogen and oxygen atoms in total. The second-order valence-corrected chi connectivity index (χ2v) is 6.22. The van der Waals surface area contributed by atoms with Crippen LogP contribution in [0.15, 0.2) is 28.5 Å². The molecule has 0 unspecified atom stereocenters. The summed E-state index contributed by atoms with van der Waals surface area (Å²) in [6.07, 6.45) is 0. The van der Waals surface area contributed by atoms with Crippen LogP contribution >= 0.6 is 22.9 Å². The van der Waals surface area contributed by atoms with E-state index in [-0.39, 0.29) is 20.7 Å². The Hall–Kier alpha value is -1.71. The lowest BCUT2D eigenvalue weighted by Crippen LogP contribution is -2.16. The third-order valence-electron chi connectivity index (χ3n) is 1.98. The summed E-state index contributed by atoms with van der Waals surface area (Å²) in [5, 5.41) is 17.4. The SMILES string of the molecule is O=C(O)c1sccc1S(=O)(=O)Nc1ccc(Cl)nn1. The highest BCUT2D eigenvalue weighted by Crippen LogP contribution is 2.23. The van der Waals surface area contributed by atoms with E-state index in [4.69, 9.17) is 16.7 Å². The predicted octanol–water partition coefficient (Wildman–Crippen LogP) is 1.69. The van der Waals surface area contributed by atoms with E-state index in [1.165, 1.54) is 23.6 Å². The van der Waals surface area contributed by atoms with E-state index in [1.54, 1.807) is 0 Å². The van der Waals surface area contributed by atoms with Crippen LogP contribution in [0.25, 0.3) is 0 Å². The van der Waals surface area contributed by atoms with E-state index < -0.39 is 16.0 Å². The molecular formula is C9H6ClN3O4S2. The molecule has 0 spiro atoms. The Balaban J connectivity index is 2.35. The van der Waals surface area contributed by atoms with Crippen LogP contribution in [0.3, 0.4) is 0 Å². The van der Waals surface area contributed by atoms with Gasteiger partial charge < -0.3 is 5.11 Å². The number of hydrogen-bond donors (Lipinski definition) is 2. The monoisotopic (exact) mass is 319 g/mol. The summed E-state index contributed by atoms with van der Waals surface area (Å²) >= 11 is 6.34. The summed E-state index contributed by atoms with van der Waals surface area (Å²) in [7, 11) is -4.02. The predicted molar refractivity (Wildman–Crippen MR) is 69.1 cm³/mol. The van der Waals surface area contributed by atoms with Crippen LogP contribution in [0.4, 0.5) is 5.82 Å². The van der Waals surface area contributed by atoms with Gasteiger partial charge in [-0.05, 0) is 23.6 Å². The second kappa shape index (κ2) is 5.11. The highest BCUT2D eigenvalue weighted by Gasteiger charge is 2.24. The minimum Gasteiger partial charge on any atom is -0.477 e. The molecule has 0 aliphatic heterocycles. The van der Waals surface area contributed by atoms with Gasteiger partial charge in [-0.3, -0.25) is 4.72 Å². The Morgan fingerprint density at radius 2 is 2.05 bits per heavy atom. The number of nitrogens with zero attached hydrogens (tertiary/aromatic N) is 2. The minimum absolute atomic E-state index is 0.0491. The van der Waals surface area contributed by atoms with Crippen molar-refractivity contribution in [2.75, 3.05) is 4.72 Å². The first-order valence-corrected chi connectivity index (χ1v) is 7.47. The zero-order chi connectivity index (χ0) is 14.0. The molecule has 0 aliphatic carbocycles. The van der Waals surface area contributed by atoms with Gasteiger partial charge >= 0.3 is 5.97 Å². The topological polar surface area (TPSA) is 109 Å². The lowest BCUT2D eigenvalue weighted by atomic mass is 10.5. The van der Waals surface area contributed by atoms with E-state index in [2.05, 4.69) is 14.9 Å². The highest BCUT2D eigenvalue weighted by atomic mass is 35.5. The van der Waals surface area contributed by atoms with Crippen LogP contribution in [-0.2, 0) is 10.0 Å². The summed E-state index contributed by atoms with van der Waals surface area (Å²) in [5.41, 5.74) is 0. The van der Waals surface area contributed by atoms with E-state index >= 15 is 0 Å². The number of rotatable bonds is 4. The van der Waals surface area contributed by atoms with Gasteiger partial charge in [0.1, 0.15) is 9.77 Å². The molecule has 0 atom stereocenters. The van der Waals surface area contributed by atoms with Gasteiger partial charge in [0, 0.05) is 0 Å². The van der Waals surface area contributed by atoms with Crippen LogP contribution in [0, 0.1) is 0 Å². The van der Waals surface area contributed by atoms with Crippen molar-refractivity contribution in [1.82, 2.24) is 10.2 Å². The van der Waals surface area contributed by atoms with Crippen molar-refractivity contribution in [2.45, 2.75) is 4.90 Å². The minimum atomic E-state index is -4.02. The number of aromatic nitrogens is 2. The normalized spacial score (nSPS) is 11.2. The fourth-order valence-corrected chi connectivity index (χ4v) is 3.59. The van der Waals surface area contributed by atoms with Crippen molar-refractivity contribution >= 4 is 44.7 Å². The number of carboxylic acids is 1. The Bertz CT molecular complexity index is 711. The molecule has 19 heavy (non-hydrogen) atoms. The Morgan fingerprint density at radius 1 is 1.32 bits per heavy atom. The maximum absolute atomic E-state index is 12.0. The molecular weight excluding hydrogens is 314 g/mol. The van der Waals surface area contributed by atoms with Crippen molar-refractivity contribution < 1.29 is 18.3 Å². The Morgan fingerprint density at radius 3 is 2.63 bits per heavy atom. The van der Waals surface area contributed by atoms with E-state index in [1.807, 2.05) is 0 Å². The van der Waals surface area contributed by atoms with E-state index in [0.717, 1.165) is 11.3 Å². The van der Waals surface area contributed by atoms with Crippen molar-refractivity contribution in [1.29, 1.82) is 0 Å². The third-order valence-corrected chi connectivity index (χ3v) is 4.61. The lowest BCUT2D eigenvalue weighted by Gasteiger charge is -2.05. The number of halogens is 1. The van der Waals surface area contributed by atoms with Gasteiger partial charge in [0.2, 0.25) is 0 Å². The molecule has 2 N–H and O–H groups in total. The Kier molecular flexibility index (Phi) is 3.69. The van der Waals surface area contributed by atoms with Crippen LogP contribution in [0.2, 0.25) is 5.15 Å². The van der Waals surface area contributed by atoms with Crippen LogP contribution in [0.5, 0.6) is 0 Å². The number of carbonyl (C=O) groups is 1. The first-order chi connectivity index (χ1) is 8.90. The number of anilines is 1. The molecule has 10 heteroatoms. The lowest BCUT2D eigenvalue weighted by molar-refractivity contribution is 0.0698. The van der Waals surface area contributed by atoms with Gasteiger partial charge in [-0.25, -0.2) is 13.2 Å². The molecule has 100 valence electrons. The number of sulfonamides is 1. The van der Waals surface area contributed by atoms with Crippen molar-refractivity contribution in [3.63, 3.8) is 0 Å². The maximum Gasteiger partial charge on any atom is 0.347 e. The first-order valence-electron chi connectivity index (χ1n) is 4.73. The number of carboxylic acid groups (broad SMARTS) is 1. The second-order valence-electron chi connectivity index (χ2n) is 3.27. The molecule has 0 fully saturated rings. The summed E-state index contributed by atoms with van der Waals surface area (Å²) in [5.74, 6) is -1.36. The highest BCUT2D eigenvalue weighted by molar-refractivity contribution is 7.93. The number of nitrogens with one attached hydrogen (secondary N) is 1. The van der Waals surface area contributed by atoms with Gasteiger partial charge in [0.25, 0.3) is 10.0 Å². The fraction of sp³-hybridized carbons (Fsp3) is 0. The molecule has 2 aromatic heterocycles. The molecule has 0 saturated heterocycles. The van der Waals surface area contributed by atoms with Crippen molar-refractivity contribution in [3.8, 4) is 0 Å². The summed E-state index contributed by atoms with van der Waals surface area (Å²) in [6, 6.07) is 3.89. The quantitative estimate of drug-likeness (QED) is 0.887. The zero-order valence-corrected chi connectivity index (χ0v) is 11.5. The largest absolute Gasteiger partial charge is 0.477 e. The molecule has 2 aromatic rings. The maximum atomic E-state index is 12.0. The fourth-order valence-electron chi connectivity index (χ4n) is 1.23.